The Bertz CT molecular complexity index is 1350. The third-order valence-corrected chi connectivity index (χ3v) is 10.4. The summed E-state index contributed by atoms with van der Waals surface area (Å²) in [7, 11) is 0. The Kier molecular flexibility index (Phi) is 6.47. The van der Waals surface area contributed by atoms with E-state index in [0.717, 1.165) is 42.9 Å². The number of carbonyl (C=O) groups excluding carboxylic acids is 3. The summed E-state index contributed by atoms with van der Waals surface area (Å²) < 4.78 is 28.9. The lowest BCUT2D eigenvalue weighted by atomic mass is 9.87. The molecule has 0 aromatic heterocycles. The number of nitrogens with zero attached hydrogens (tertiary/aromatic N) is 3. The van der Waals surface area contributed by atoms with Gasteiger partial charge in [0, 0.05) is 54.9 Å². The molecule has 210 valence electrons. The second-order valence-corrected chi connectivity index (χ2v) is 13.0. The van der Waals surface area contributed by atoms with Crippen LogP contribution >= 0.6 is 11.9 Å². The number of piperidine rings is 3. The number of halogens is 2. The fourth-order valence-electron chi connectivity index (χ4n) is 6.88. The molecule has 0 bridgehead atoms. The van der Waals surface area contributed by atoms with Crippen LogP contribution in [0.4, 0.5) is 8.78 Å². The van der Waals surface area contributed by atoms with Crippen LogP contribution in [-0.4, -0.2) is 70.0 Å². The predicted molar refractivity (Wildman–Crippen MR) is 146 cm³/mol. The minimum absolute atomic E-state index is 0.131. The van der Waals surface area contributed by atoms with Crippen LogP contribution in [0, 0.1) is 11.8 Å². The van der Waals surface area contributed by atoms with Gasteiger partial charge in [0.15, 0.2) is 0 Å². The Balaban J connectivity index is 0.909. The minimum Gasteiger partial charge on any atom is -0.322 e. The molecule has 7 rings (SSSR count). The number of imide groups is 1. The molecule has 0 spiro atoms. The fraction of sp³-hybridized carbons (Fsp3) is 0.500. The molecule has 1 N–H and O–H groups in total. The first-order chi connectivity index (χ1) is 19.3. The number of rotatable bonds is 6. The molecule has 4 aliphatic heterocycles. The number of carbonyl (C=O) groups is 3. The number of hydrogen-bond acceptors (Lipinski definition) is 6. The summed E-state index contributed by atoms with van der Waals surface area (Å²) in [6.45, 7) is 4.22. The van der Waals surface area contributed by atoms with Gasteiger partial charge in [0.05, 0.1) is 0 Å². The van der Waals surface area contributed by atoms with E-state index in [1.54, 1.807) is 16.8 Å². The molecule has 3 amide bonds. The zero-order chi connectivity index (χ0) is 27.6. The van der Waals surface area contributed by atoms with Gasteiger partial charge in [-0.25, -0.2) is 13.1 Å². The highest BCUT2D eigenvalue weighted by Gasteiger charge is 2.71. The fourth-order valence-corrected chi connectivity index (χ4v) is 7.91. The summed E-state index contributed by atoms with van der Waals surface area (Å²) in [6.07, 6.45) is 2.71. The average molecular weight is 567 g/mol. The summed E-state index contributed by atoms with van der Waals surface area (Å²) in [5, 5.41) is 2.36. The molecule has 0 radical (unpaired) electrons. The first kappa shape index (κ1) is 26.1. The van der Waals surface area contributed by atoms with Gasteiger partial charge in [0.1, 0.15) is 6.04 Å². The van der Waals surface area contributed by atoms with Crippen LogP contribution in [0.5, 0.6) is 0 Å². The molecule has 3 atom stereocenters. The number of fused-ring (bicyclic) bond motifs is 2. The van der Waals surface area contributed by atoms with Gasteiger partial charge in [-0.2, -0.15) is 0 Å². The lowest BCUT2D eigenvalue weighted by molar-refractivity contribution is -0.136. The van der Waals surface area contributed by atoms with E-state index in [2.05, 4.69) is 50.9 Å². The van der Waals surface area contributed by atoms with Crippen molar-refractivity contribution in [3.63, 3.8) is 0 Å². The van der Waals surface area contributed by atoms with E-state index in [-0.39, 0.29) is 24.1 Å². The van der Waals surface area contributed by atoms with Crippen molar-refractivity contribution >= 4 is 29.7 Å². The van der Waals surface area contributed by atoms with Crippen LogP contribution in [0.1, 0.15) is 58.6 Å². The molecule has 4 heterocycles. The predicted octanol–water partition coefficient (Wildman–Crippen LogP) is 4.03. The molecule has 7 nitrogen and oxygen atoms in total. The molecular formula is C30H32F2N4O3S. The SMILES string of the molecule is O=C1CCC(N2Cc3cc(C4CCN(Cc5ccc(SN6CC7C(C6)C7(F)F)cc5)CC4)ccc3C2=O)C(=O)N1. The average Bonchev–Trinajstić information content (AvgIpc) is 3.26. The maximum atomic E-state index is 13.4. The first-order valence-corrected chi connectivity index (χ1v) is 14.9. The van der Waals surface area contributed by atoms with Crippen LogP contribution < -0.4 is 5.32 Å². The lowest BCUT2D eigenvalue weighted by Crippen LogP contribution is -2.52. The molecular weight excluding hydrogens is 534 g/mol. The summed E-state index contributed by atoms with van der Waals surface area (Å²) in [4.78, 5) is 42.0. The smallest absolute Gasteiger partial charge is 0.257 e. The van der Waals surface area contributed by atoms with E-state index in [0.29, 0.717) is 37.5 Å². The molecule has 2 aromatic carbocycles. The molecule has 5 aliphatic rings. The quantitative estimate of drug-likeness (QED) is 0.421. The van der Waals surface area contributed by atoms with E-state index in [1.165, 1.54) is 11.1 Å². The minimum atomic E-state index is -2.44. The van der Waals surface area contributed by atoms with E-state index >= 15 is 0 Å². The largest absolute Gasteiger partial charge is 0.322 e. The first-order valence-electron chi connectivity index (χ1n) is 14.2. The third kappa shape index (κ3) is 4.73. The van der Waals surface area contributed by atoms with E-state index in [1.807, 2.05) is 6.07 Å². The van der Waals surface area contributed by atoms with Gasteiger partial charge in [-0.05, 0) is 85.1 Å². The van der Waals surface area contributed by atoms with Crippen molar-refractivity contribution < 1.29 is 23.2 Å². The van der Waals surface area contributed by atoms with Gasteiger partial charge in [-0.3, -0.25) is 24.6 Å². The molecule has 1 aliphatic carbocycles. The maximum absolute atomic E-state index is 13.4. The zero-order valence-corrected chi connectivity index (χ0v) is 23.0. The van der Waals surface area contributed by atoms with Crippen molar-refractivity contribution in [2.75, 3.05) is 26.2 Å². The summed E-state index contributed by atoms with van der Waals surface area (Å²) in [5.41, 5.74) is 4.12. The number of amides is 3. The Morgan fingerprint density at radius 2 is 1.68 bits per heavy atom. The van der Waals surface area contributed by atoms with Gasteiger partial charge in [-0.15, -0.1) is 0 Å². The van der Waals surface area contributed by atoms with Crippen LogP contribution in [0.15, 0.2) is 47.4 Å². The Hall–Kier alpha value is -2.82. The van der Waals surface area contributed by atoms with Gasteiger partial charge in [-0.1, -0.05) is 24.3 Å². The summed E-state index contributed by atoms with van der Waals surface area (Å²) >= 11 is 1.58. The maximum Gasteiger partial charge on any atom is 0.257 e. The number of alkyl halides is 2. The van der Waals surface area contributed by atoms with E-state index < -0.39 is 23.8 Å². The summed E-state index contributed by atoms with van der Waals surface area (Å²) in [6, 6.07) is 14.0. The van der Waals surface area contributed by atoms with Crippen molar-refractivity contribution in [2.45, 2.75) is 61.6 Å². The van der Waals surface area contributed by atoms with E-state index in [4.69, 9.17) is 0 Å². The number of hydrogen-bond donors (Lipinski definition) is 1. The number of benzene rings is 2. The highest BCUT2D eigenvalue weighted by atomic mass is 32.2. The van der Waals surface area contributed by atoms with Crippen molar-refractivity contribution in [1.82, 2.24) is 19.4 Å². The van der Waals surface area contributed by atoms with Crippen LogP contribution in [-0.2, 0) is 22.7 Å². The monoisotopic (exact) mass is 566 g/mol. The molecule has 1 saturated carbocycles. The van der Waals surface area contributed by atoms with Crippen molar-refractivity contribution in [1.29, 1.82) is 0 Å². The van der Waals surface area contributed by atoms with Gasteiger partial charge >= 0.3 is 0 Å². The van der Waals surface area contributed by atoms with Gasteiger partial charge in [0.2, 0.25) is 11.8 Å². The normalized spacial score (nSPS) is 28.5. The zero-order valence-electron chi connectivity index (χ0n) is 22.2. The number of nitrogens with one attached hydrogen (secondary N) is 1. The second kappa shape index (κ2) is 9.92. The molecule has 40 heavy (non-hydrogen) atoms. The van der Waals surface area contributed by atoms with Crippen LogP contribution in [0.2, 0.25) is 0 Å². The number of likely N-dealkylation sites (tertiary alicyclic amines) is 1. The summed E-state index contributed by atoms with van der Waals surface area (Å²) in [5.74, 6) is -3.70. The van der Waals surface area contributed by atoms with Crippen molar-refractivity contribution in [3.05, 3.63) is 64.7 Å². The Morgan fingerprint density at radius 3 is 2.38 bits per heavy atom. The molecule has 3 unspecified atom stereocenters. The molecule has 3 saturated heterocycles. The lowest BCUT2D eigenvalue weighted by Gasteiger charge is -2.32. The van der Waals surface area contributed by atoms with Gasteiger partial charge < -0.3 is 4.90 Å². The van der Waals surface area contributed by atoms with Crippen molar-refractivity contribution in [2.24, 2.45) is 11.8 Å². The molecule has 10 heteroatoms. The van der Waals surface area contributed by atoms with E-state index in [9.17, 15) is 23.2 Å². The van der Waals surface area contributed by atoms with Crippen LogP contribution in [0.25, 0.3) is 0 Å². The Labute approximate surface area is 236 Å². The topological polar surface area (TPSA) is 73.0 Å². The molecule has 4 fully saturated rings. The van der Waals surface area contributed by atoms with Gasteiger partial charge in [0.25, 0.3) is 11.8 Å². The van der Waals surface area contributed by atoms with Crippen LogP contribution in [0.3, 0.4) is 0 Å². The molecule has 2 aromatic rings. The second-order valence-electron chi connectivity index (χ2n) is 11.8. The highest BCUT2D eigenvalue weighted by molar-refractivity contribution is 7.97. The van der Waals surface area contributed by atoms with Crippen molar-refractivity contribution in [3.8, 4) is 0 Å². The standard InChI is InChI=1S/C30H32F2N4O3S/c31-30(32)24-16-35(17-25(24)30)40-22-4-1-18(2-5-22)14-34-11-9-19(10-12-34)20-3-6-23-21(13-20)15-36(29(23)39)26-7-8-27(37)33-28(26)38/h1-6,13,19,24-26H,7-12,14-17H2,(H,33,37,38). The highest BCUT2D eigenvalue weighted by Crippen LogP contribution is 2.60. The Morgan fingerprint density at radius 1 is 0.950 bits per heavy atom. The third-order valence-electron chi connectivity index (χ3n) is 9.34.